The fourth-order valence-corrected chi connectivity index (χ4v) is 3.00. The summed E-state index contributed by atoms with van der Waals surface area (Å²) in [5, 5.41) is 9.08. The molecule has 2 amide bonds. The molecule has 5 nitrogen and oxygen atoms in total. The highest BCUT2D eigenvalue weighted by Crippen LogP contribution is 2.32. The molecule has 2 saturated heterocycles. The molecule has 0 aliphatic carbocycles. The zero-order valence-electron chi connectivity index (χ0n) is 11.3. The van der Waals surface area contributed by atoms with Gasteiger partial charge in [0.25, 0.3) is 0 Å². The van der Waals surface area contributed by atoms with E-state index in [1.54, 1.807) is 4.90 Å². The molecule has 1 N–H and O–H groups in total. The molecule has 2 rings (SSSR count). The van der Waals surface area contributed by atoms with Gasteiger partial charge in [-0.3, -0.25) is 4.79 Å². The van der Waals surface area contributed by atoms with Crippen LogP contribution >= 0.6 is 0 Å². The molecule has 5 heteroatoms. The van der Waals surface area contributed by atoms with Gasteiger partial charge in [0.2, 0.25) is 0 Å². The average Bonchev–Trinajstić information content (AvgIpc) is 2.80. The Hall–Kier alpha value is -1.26. The van der Waals surface area contributed by atoms with Crippen LogP contribution < -0.4 is 0 Å². The van der Waals surface area contributed by atoms with Gasteiger partial charge in [0.15, 0.2) is 0 Å². The van der Waals surface area contributed by atoms with Crippen molar-refractivity contribution in [2.24, 2.45) is 11.3 Å². The second-order valence-corrected chi connectivity index (χ2v) is 6.29. The van der Waals surface area contributed by atoms with Gasteiger partial charge in [-0.1, -0.05) is 13.8 Å². The van der Waals surface area contributed by atoms with Crippen LogP contribution in [0.4, 0.5) is 4.79 Å². The molecule has 18 heavy (non-hydrogen) atoms. The molecule has 0 saturated carbocycles. The van der Waals surface area contributed by atoms with Gasteiger partial charge in [-0.25, -0.2) is 4.79 Å². The predicted octanol–water partition coefficient (Wildman–Crippen LogP) is 1.63. The number of carboxylic acid groups (broad SMARTS) is 1. The summed E-state index contributed by atoms with van der Waals surface area (Å²) in [5.41, 5.74) is 0.185. The van der Waals surface area contributed by atoms with Gasteiger partial charge >= 0.3 is 12.0 Å². The van der Waals surface area contributed by atoms with Crippen LogP contribution in [0.15, 0.2) is 0 Å². The van der Waals surface area contributed by atoms with Crippen molar-refractivity contribution in [1.82, 2.24) is 9.80 Å². The van der Waals surface area contributed by atoms with Gasteiger partial charge in [0.1, 0.15) is 0 Å². The Morgan fingerprint density at radius 2 is 1.94 bits per heavy atom. The monoisotopic (exact) mass is 254 g/mol. The fraction of sp³-hybridized carbons (Fsp3) is 0.846. The van der Waals surface area contributed by atoms with E-state index in [1.165, 1.54) is 0 Å². The minimum Gasteiger partial charge on any atom is -0.481 e. The van der Waals surface area contributed by atoms with Crippen molar-refractivity contribution >= 4 is 12.0 Å². The summed E-state index contributed by atoms with van der Waals surface area (Å²) in [4.78, 5) is 27.0. The molecule has 0 aromatic heterocycles. The smallest absolute Gasteiger partial charge is 0.320 e. The molecule has 2 fully saturated rings. The van der Waals surface area contributed by atoms with Gasteiger partial charge in [0, 0.05) is 25.7 Å². The lowest BCUT2D eigenvalue weighted by Crippen LogP contribution is -2.45. The minimum atomic E-state index is -0.792. The number of carbonyl (C=O) groups is 2. The number of carboxylic acids is 1. The Balaban J connectivity index is 2.01. The molecule has 0 aromatic rings. The van der Waals surface area contributed by atoms with E-state index < -0.39 is 11.9 Å². The molecular weight excluding hydrogens is 232 g/mol. The standard InChI is InChI=1S/C13H22N2O3/c1-9-10(11(16)17)4-6-15(9)12(18)14-7-5-13(2,3)8-14/h9-10H,4-8H2,1-3H3,(H,16,17). The molecule has 2 aliphatic rings. The van der Waals surface area contributed by atoms with Crippen LogP contribution in [-0.4, -0.2) is 52.6 Å². The molecule has 2 aliphatic heterocycles. The van der Waals surface area contributed by atoms with E-state index in [4.69, 9.17) is 5.11 Å². The minimum absolute atomic E-state index is 0.0109. The number of urea groups is 1. The molecule has 2 heterocycles. The number of hydrogen-bond donors (Lipinski definition) is 1. The average molecular weight is 254 g/mol. The first kappa shape index (κ1) is 13.2. The Morgan fingerprint density at radius 3 is 2.39 bits per heavy atom. The normalized spacial score (nSPS) is 30.8. The van der Waals surface area contributed by atoms with E-state index in [1.807, 2.05) is 11.8 Å². The predicted molar refractivity (Wildman–Crippen MR) is 67.3 cm³/mol. The van der Waals surface area contributed by atoms with Crippen molar-refractivity contribution in [1.29, 1.82) is 0 Å². The van der Waals surface area contributed by atoms with Crippen molar-refractivity contribution in [2.75, 3.05) is 19.6 Å². The zero-order valence-corrected chi connectivity index (χ0v) is 11.3. The van der Waals surface area contributed by atoms with Crippen LogP contribution in [0.3, 0.4) is 0 Å². The first-order valence-electron chi connectivity index (χ1n) is 6.60. The van der Waals surface area contributed by atoms with E-state index >= 15 is 0 Å². The maximum Gasteiger partial charge on any atom is 0.320 e. The number of carbonyl (C=O) groups excluding carboxylic acids is 1. The Labute approximate surface area is 108 Å². The van der Waals surface area contributed by atoms with E-state index in [9.17, 15) is 9.59 Å². The summed E-state index contributed by atoms with van der Waals surface area (Å²) >= 11 is 0. The van der Waals surface area contributed by atoms with Gasteiger partial charge in [-0.05, 0) is 25.2 Å². The number of rotatable bonds is 1. The van der Waals surface area contributed by atoms with E-state index in [0.29, 0.717) is 13.0 Å². The lowest BCUT2D eigenvalue weighted by Gasteiger charge is -2.29. The fourth-order valence-electron chi connectivity index (χ4n) is 3.00. The summed E-state index contributed by atoms with van der Waals surface area (Å²) < 4.78 is 0. The van der Waals surface area contributed by atoms with E-state index in [2.05, 4.69) is 13.8 Å². The lowest BCUT2D eigenvalue weighted by molar-refractivity contribution is -0.142. The summed E-state index contributed by atoms with van der Waals surface area (Å²) in [6, 6.07) is -0.185. The molecule has 102 valence electrons. The third-order valence-electron chi connectivity index (χ3n) is 4.27. The van der Waals surface area contributed by atoms with Crippen molar-refractivity contribution < 1.29 is 14.7 Å². The molecule has 0 spiro atoms. The van der Waals surface area contributed by atoms with E-state index in [0.717, 1.165) is 19.5 Å². The van der Waals surface area contributed by atoms with Crippen LogP contribution in [0.1, 0.15) is 33.6 Å². The second kappa shape index (κ2) is 4.44. The summed E-state index contributed by atoms with van der Waals surface area (Å²) in [6.07, 6.45) is 1.59. The van der Waals surface area contributed by atoms with Crippen LogP contribution in [0.25, 0.3) is 0 Å². The van der Waals surface area contributed by atoms with Gasteiger partial charge < -0.3 is 14.9 Å². The van der Waals surface area contributed by atoms with Crippen molar-refractivity contribution in [3.63, 3.8) is 0 Å². The number of hydrogen-bond acceptors (Lipinski definition) is 2. The Bertz CT molecular complexity index is 367. The number of likely N-dealkylation sites (tertiary alicyclic amines) is 2. The topological polar surface area (TPSA) is 60.9 Å². The Morgan fingerprint density at radius 1 is 1.28 bits per heavy atom. The number of amides is 2. The molecule has 0 aromatic carbocycles. The largest absolute Gasteiger partial charge is 0.481 e. The van der Waals surface area contributed by atoms with Gasteiger partial charge in [-0.2, -0.15) is 0 Å². The highest BCUT2D eigenvalue weighted by atomic mass is 16.4. The summed E-state index contributed by atoms with van der Waals surface area (Å²) in [7, 11) is 0. The third kappa shape index (κ3) is 2.31. The number of aliphatic carboxylic acids is 1. The SMILES string of the molecule is CC1C(C(=O)O)CCN1C(=O)N1CCC(C)(C)C1. The van der Waals surface area contributed by atoms with Crippen molar-refractivity contribution in [3.8, 4) is 0 Å². The quantitative estimate of drug-likeness (QED) is 0.773. The highest BCUT2D eigenvalue weighted by molar-refractivity contribution is 5.78. The van der Waals surface area contributed by atoms with E-state index in [-0.39, 0.29) is 17.5 Å². The molecule has 2 atom stereocenters. The van der Waals surface area contributed by atoms with Crippen molar-refractivity contribution in [3.05, 3.63) is 0 Å². The molecule has 0 radical (unpaired) electrons. The first-order valence-corrected chi connectivity index (χ1v) is 6.60. The second-order valence-electron chi connectivity index (χ2n) is 6.29. The maximum absolute atomic E-state index is 12.4. The molecule has 0 bridgehead atoms. The van der Waals surface area contributed by atoms with Crippen molar-refractivity contribution in [2.45, 2.75) is 39.7 Å². The van der Waals surface area contributed by atoms with Gasteiger partial charge in [-0.15, -0.1) is 0 Å². The number of nitrogens with zero attached hydrogens (tertiary/aromatic N) is 2. The van der Waals surface area contributed by atoms with Crippen LogP contribution in [-0.2, 0) is 4.79 Å². The highest BCUT2D eigenvalue weighted by Gasteiger charge is 2.41. The zero-order chi connectivity index (χ0) is 13.5. The Kier molecular flexibility index (Phi) is 3.25. The third-order valence-corrected chi connectivity index (χ3v) is 4.27. The van der Waals surface area contributed by atoms with Crippen LogP contribution in [0.2, 0.25) is 0 Å². The summed E-state index contributed by atoms with van der Waals surface area (Å²) in [6.45, 7) is 8.28. The first-order chi connectivity index (χ1) is 8.32. The van der Waals surface area contributed by atoms with Crippen LogP contribution in [0, 0.1) is 11.3 Å². The van der Waals surface area contributed by atoms with Crippen LogP contribution in [0.5, 0.6) is 0 Å². The maximum atomic E-state index is 12.4. The molecular formula is C13H22N2O3. The summed E-state index contributed by atoms with van der Waals surface area (Å²) in [5.74, 6) is -1.20. The van der Waals surface area contributed by atoms with Gasteiger partial charge in [0.05, 0.1) is 5.92 Å². The molecule has 2 unspecified atom stereocenters. The lowest BCUT2D eigenvalue weighted by atomic mass is 9.93.